The molecule has 0 saturated carbocycles. The number of aromatic carboxylic acids is 1. The zero-order valence-corrected chi connectivity index (χ0v) is 13.2. The van der Waals surface area contributed by atoms with Crippen LogP contribution in [0.5, 0.6) is 0 Å². The summed E-state index contributed by atoms with van der Waals surface area (Å²) < 4.78 is 0. The summed E-state index contributed by atoms with van der Waals surface area (Å²) in [5, 5.41) is 12.0. The highest BCUT2D eigenvalue weighted by molar-refractivity contribution is 5.97. The van der Waals surface area contributed by atoms with Gasteiger partial charge in [-0.2, -0.15) is 0 Å². The topological polar surface area (TPSA) is 86.7 Å². The largest absolute Gasteiger partial charge is 0.478 e. The number of likely N-dealkylation sites (tertiary alicyclic amines) is 1. The van der Waals surface area contributed by atoms with Gasteiger partial charge in [-0.3, -0.25) is 9.59 Å². The Morgan fingerprint density at radius 2 is 2.04 bits per heavy atom. The number of amides is 2. The average Bonchev–Trinajstić information content (AvgIpc) is 2.54. The molecule has 1 fully saturated rings. The second-order valence-corrected chi connectivity index (χ2v) is 5.79. The molecule has 1 aliphatic rings. The predicted molar refractivity (Wildman–Crippen MR) is 85.4 cm³/mol. The van der Waals surface area contributed by atoms with Crippen molar-refractivity contribution in [2.75, 3.05) is 13.1 Å². The van der Waals surface area contributed by atoms with Gasteiger partial charge in [-0.1, -0.05) is 13.0 Å². The number of carbonyl (C=O) groups is 3. The number of carbonyl (C=O) groups excluding carboxylic acids is 2. The van der Waals surface area contributed by atoms with Gasteiger partial charge in [-0.15, -0.1) is 0 Å². The van der Waals surface area contributed by atoms with Crippen LogP contribution < -0.4 is 5.32 Å². The van der Waals surface area contributed by atoms with Crippen LogP contribution in [0.4, 0.5) is 0 Å². The molecule has 0 spiro atoms. The number of benzene rings is 1. The Bertz CT molecular complexity index is 600. The smallest absolute Gasteiger partial charge is 0.335 e. The van der Waals surface area contributed by atoms with Gasteiger partial charge in [-0.25, -0.2) is 4.79 Å². The van der Waals surface area contributed by atoms with Crippen molar-refractivity contribution in [1.82, 2.24) is 10.2 Å². The zero-order chi connectivity index (χ0) is 16.8. The van der Waals surface area contributed by atoms with Gasteiger partial charge in [0.25, 0.3) is 5.91 Å². The fraction of sp³-hybridized carbons (Fsp3) is 0.471. The number of hydrogen-bond donors (Lipinski definition) is 2. The second-order valence-electron chi connectivity index (χ2n) is 5.79. The normalized spacial score (nSPS) is 17.6. The van der Waals surface area contributed by atoms with Gasteiger partial charge in [0.15, 0.2) is 0 Å². The summed E-state index contributed by atoms with van der Waals surface area (Å²) in [7, 11) is 0. The molecule has 1 atom stereocenters. The molecule has 0 bridgehead atoms. The first-order valence-electron chi connectivity index (χ1n) is 7.93. The minimum absolute atomic E-state index is 0.0136. The molecule has 1 aliphatic heterocycles. The lowest BCUT2D eigenvalue weighted by Crippen LogP contribution is -2.49. The maximum absolute atomic E-state index is 12.6. The lowest BCUT2D eigenvalue weighted by Gasteiger charge is -2.33. The van der Waals surface area contributed by atoms with Crippen LogP contribution in [0.2, 0.25) is 0 Å². The van der Waals surface area contributed by atoms with Crippen molar-refractivity contribution in [2.45, 2.75) is 38.6 Å². The van der Waals surface area contributed by atoms with Crippen LogP contribution in [-0.4, -0.2) is 46.9 Å². The summed E-state index contributed by atoms with van der Waals surface area (Å²) in [6.45, 7) is 3.04. The van der Waals surface area contributed by atoms with Gasteiger partial charge < -0.3 is 15.3 Å². The van der Waals surface area contributed by atoms with Gasteiger partial charge in [0, 0.05) is 31.1 Å². The van der Waals surface area contributed by atoms with Crippen LogP contribution in [0, 0.1) is 0 Å². The highest BCUT2D eigenvalue weighted by atomic mass is 16.4. The van der Waals surface area contributed by atoms with Crippen LogP contribution in [0.15, 0.2) is 24.3 Å². The van der Waals surface area contributed by atoms with Crippen molar-refractivity contribution < 1.29 is 19.5 Å². The monoisotopic (exact) mass is 318 g/mol. The molecular weight excluding hydrogens is 296 g/mol. The quantitative estimate of drug-likeness (QED) is 0.868. The molecule has 0 aliphatic carbocycles. The number of piperidine rings is 1. The second kappa shape index (κ2) is 7.76. The molecule has 1 aromatic carbocycles. The summed E-state index contributed by atoms with van der Waals surface area (Å²) in [6, 6.07) is 6.01. The third-order valence-electron chi connectivity index (χ3n) is 3.91. The molecule has 1 aromatic rings. The van der Waals surface area contributed by atoms with E-state index in [9.17, 15) is 14.4 Å². The molecule has 2 N–H and O–H groups in total. The lowest BCUT2D eigenvalue weighted by atomic mass is 10.0. The van der Waals surface area contributed by atoms with E-state index in [-0.39, 0.29) is 23.4 Å². The maximum atomic E-state index is 12.6. The average molecular weight is 318 g/mol. The van der Waals surface area contributed by atoms with Crippen LogP contribution >= 0.6 is 0 Å². The standard InChI is InChI=1S/C17H22N2O4/c1-2-5-15(20)18-14-8-4-9-19(11-14)16(21)12-6-3-7-13(10-12)17(22)23/h3,6-7,10,14H,2,4-5,8-9,11H2,1H3,(H,18,20)(H,22,23). The number of nitrogens with zero attached hydrogens (tertiary/aromatic N) is 1. The molecule has 6 heteroatoms. The Kier molecular flexibility index (Phi) is 5.73. The molecule has 0 radical (unpaired) electrons. The third kappa shape index (κ3) is 4.55. The van der Waals surface area contributed by atoms with Crippen molar-refractivity contribution in [1.29, 1.82) is 0 Å². The van der Waals surface area contributed by atoms with Gasteiger partial charge in [0.05, 0.1) is 5.56 Å². The highest BCUT2D eigenvalue weighted by Gasteiger charge is 2.25. The first-order valence-corrected chi connectivity index (χ1v) is 7.93. The molecule has 23 heavy (non-hydrogen) atoms. The van der Waals surface area contributed by atoms with Crippen LogP contribution in [0.25, 0.3) is 0 Å². The molecule has 2 rings (SSSR count). The molecule has 124 valence electrons. The first kappa shape index (κ1) is 17.0. The van der Waals surface area contributed by atoms with E-state index in [0.29, 0.717) is 25.1 Å². The van der Waals surface area contributed by atoms with Crippen molar-refractivity contribution in [3.63, 3.8) is 0 Å². The Labute approximate surface area is 135 Å². The lowest BCUT2D eigenvalue weighted by molar-refractivity contribution is -0.122. The summed E-state index contributed by atoms with van der Waals surface area (Å²) in [6.07, 6.45) is 2.96. The molecule has 6 nitrogen and oxygen atoms in total. The van der Waals surface area contributed by atoms with Gasteiger partial charge in [0.2, 0.25) is 5.91 Å². The Hall–Kier alpha value is -2.37. The predicted octanol–water partition coefficient (Wildman–Crippen LogP) is 1.91. The van der Waals surface area contributed by atoms with E-state index in [2.05, 4.69) is 5.32 Å². The van der Waals surface area contributed by atoms with Gasteiger partial charge in [-0.05, 0) is 37.5 Å². The fourth-order valence-electron chi connectivity index (χ4n) is 2.77. The molecule has 1 heterocycles. The summed E-state index contributed by atoms with van der Waals surface area (Å²) in [5.74, 6) is -1.23. The van der Waals surface area contributed by atoms with Crippen molar-refractivity contribution >= 4 is 17.8 Å². The highest BCUT2D eigenvalue weighted by Crippen LogP contribution is 2.15. The van der Waals surface area contributed by atoms with E-state index in [1.165, 1.54) is 12.1 Å². The van der Waals surface area contributed by atoms with Crippen LogP contribution in [0.1, 0.15) is 53.3 Å². The zero-order valence-electron chi connectivity index (χ0n) is 13.2. The van der Waals surface area contributed by atoms with Crippen molar-refractivity contribution in [3.8, 4) is 0 Å². The summed E-state index contributed by atoms with van der Waals surface area (Å²) in [5.41, 5.74) is 0.464. The molecule has 1 unspecified atom stereocenters. The fourth-order valence-corrected chi connectivity index (χ4v) is 2.77. The molecule has 0 aromatic heterocycles. The number of carboxylic acids is 1. The number of nitrogens with one attached hydrogen (secondary N) is 1. The van der Waals surface area contributed by atoms with E-state index >= 15 is 0 Å². The number of carboxylic acid groups (broad SMARTS) is 1. The van der Waals surface area contributed by atoms with Crippen molar-refractivity contribution in [3.05, 3.63) is 35.4 Å². The SMILES string of the molecule is CCCC(=O)NC1CCCN(C(=O)c2cccc(C(=O)O)c2)C1. The molecule has 2 amide bonds. The van der Waals surface area contributed by atoms with Gasteiger partial charge >= 0.3 is 5.97 Å². The van der Waals surface area contributed by atoms with E-state index in [0.717, 1.165) is 19.3 Å². The number of hydrogen-bond acceptors (Lipinski definition) is 3. The van der Waals surface area contributed by atoms with E-state index < -0.39 is 5.97 Å². The Balaban J connectivity index is 2.03. The van der Waals surface area contributed by atoms with Crippen LogP contribution in [0.3, 0.4) is 0 Å². The van der Waals surface area contributed by atoms with E-state index in [1.807, 2.05) is 6.92 Å². The Morgan fingerprint density at radius 3 is 2.74 bits per heavy atom. The third-order valence-corrected chi connectivity index (χ3v) is 3.91. The van der Waals surface area contributed by atoms with Crippen LogP contribution in [-0.2, 0) is 4.79 Å². The van der Waals surface area contributed by atoms with Gasteiger partial charge in [0.1, 0.15) is 0 Å². The Morgan fingerprint density at radius 1 is 1.30 bits per heavy atom. The van der Waals surface area contributed by atoms with E-state index in [4.69, 9.17) is 5.11 Å². The minimum atomic E-state index is -1.05. The summed E-state index contributed by atoms with van der Waals surface area (Å²) >= 11 is 0. The number of rotatable bonds is 5. The molecule has 1 saturated heterocycles. The van der Waals surface area contributed by atoms with E-state index in [1.54, 1.807) is 17.0 Å². The van der Waals surface area contributed by atoms with Crippen molar-refractivity contribution in [2.24, 2.45) is 0 Å². The minimum Gasteiger partial charge on any atom is -0.478 e. The summed E-state index contributed by atoms with van der Waals surface area (Å²) in [4.78, 5) is 36.9. The maximum Gasteiger partial charge on any atom is 0.335 e. The first-order chi connectivity index (χ1) is 11.0. The molecular formula is C17H22N2O4.